The fraction of sp³-hybridized carbons (Fsp3) is 1.00. The third-order valence-electron chi connectivity index (χ3n) is 3.40. The lowest BCUT2D eigenvalue weighted by atomic mass is 9.94. The van der Waals surface area contributed by atoms with E-state index < -0.39 is 55.9 Å². The van der Waals surface area contributed by atoms with Crippen LogP contribution in [0.3, 0.4) is 0 Å². The third kappa shape index (κ3) is 6.26. The van der Waals surface area contributed by atoms with Gasteiger partial charge < -0.3 is 18.9 Å². The highest BCUT2D eigenvalue weighted by molar-refractivity contribution is 5.09. The van der Waals surface area contributed by atoms with Crippen LogP contribution >= 0.6 is 0 Å². The molecule has 0 aromatic rings. The van der Waals surface area contributed by atoms with Gasteiger partial charge in [-0.2, -0.15) is 43.9 Å². The third-order valence-corrected chi connectivity index (χ3v) is 3.40. The highest BCUT2D eigenvalue weighted by Crippen LogP contribution is 2.58. The summed E-state index contributed by atoms with van der Waals surface area (Å²) in [5.74, 6) is -35.4. The molecule has 30 heavy (non-hydrogen) atoms. The largest absolute Gasteiger partial charge is 0.384 e. The summed E-state index contributed by atoms with van der Waals surface area (Å²) < 4.78 is 173. The van der Waals surface area contributed by atoms with Gasteiger partial charge >= 0.3 is 36.0 Å². The van der Waals surface area contributed by atoms with Crippen LogP contribution in [0.15, 0.2) is 0 Å². The minimum absolute atomic E-state index is 0.0112. The van der Waals surface area contributed by atoms with Crippen molar-refractivity contribution in [2.24, 2.45) is 0 Å². The van der Waals surface area contributed by atoms with E-state index in [4.69, 9.17) is 9.47 Å². The second-order valence-corrected chi connectivity index (χ2v) is 5.62. The molecule has 0 N–H and O–H groups in total. The van der Waals surface area contributed by atoms with Gasteiger partial charge in [0.15, 0.2) is 0 Å². The number of alkyl halides is 12. The van der Waals surface area contributed by atoms with Crippen LogP contribution in [-0.4, -0.2) is 89.4 Å². The van der Waals surface area contributed by atoms with Crippen LogP contribution in [0.25, 0.3) is 0 Å². The molecule has 0 atom stereocenters. The van der Waals surface area contributed by atoms with Crippen molar-refractivity contribution < 1.29 is 71.6 Å². The lowest BCUT2D eigenvalue weighted by Crippen LogP contribution is -2.69. The molecule has 0 aliphatic carbocycles. The number of hydrogen-bond donors (Lipinski definition) is 0. The molecular weight excluding hydrogens is 460 g/mol. The second-order valence-electron chi connectivity index (χ2n) is 5.62. The summed E-state index contributed by atoms with van der Waals surface area (Å²) in [6.45, 7) is -3.70. The van der Waals surface area contributed by atoms with Crippen LogP contribution in [0.5, 0.6) is 0 Å². The summed E-state index contributed by atoms with van der Waals surface area (Å²) >= 11 is 0. The van der Waals surface area contributed by atoms with Crippen molar-refractivity contribution in [3.8, 4) is 0 Å². The van der Waals surface area contributed by atoms with Crippen molar-refractivity contribution in [3.63, 3.8) is 0 Å². The molecule has 0 spiro atoms. The van der Waals surface area contributed by atoms with Gasteiger partial charge in [-0.15, -0.1) is 0 Å². The van der Waals surface area contributed by atoms with Gasteiger partial charge in [-0.1, -0.05) is 0 Å². The van der Waals surface area contributed by atoms with E-state index in [9.17, 15) is 52.7 Å². The molecule has 0 fully saturated rings. The Kier molecular flexibility index (Phi) is 10.7. The van der Waals surface area contributed by atoms with E-state index in [1.165, 1.54) is 7.11 Å². The van der Waals surface area contributed by atoms with Crippen molar-refractivity contribution in [2.45, 2.75) is 36.0 Å². The first-order chi connectivity index (χ1) is 13.5. The average Bonchev–Trinajstić information content (AvgIpc) is 2.62. The summed E-state index contributed by atoms with van der Waals surface area (Å²) in [7, 11) is 1.40. The molecule has 182 valence electrons. The lowest BCUT2D eigenvalue weighted by molar-refractivity contribution is -0.415. The number of hydrogen-bond acceptors (Lipinski definition) is 4. The first-order valence-corrected chi connectivity index (χ1v) is 7.90. The van der Waals surface area contributed by atoms with Gasteiger partial charge in [-0.3, -0.25) is 0 Å². The highest BCUT2D eigenvalue weighted by Gasteiger charge is 2.87. The fourth-order valence-corrected chi connectivity index (χ4v) is 1.65. The summed E-state index contributed by atoms with van der Waals surface area (Å²) in [6, 6.07) is 0. The molecule has 0 radical (unpaired) electrons. The Labute approximate surface area is 162 Å². The van der Waals surface area contributed by atoms with E-state index in [2.05, 4.69) is 9.47 Å². The molecule has 0 aromatic heterocycles. The molecule has 0 amide bonds. The molecule has 0 bridgehead atoms. The normalized spacial score (nSPS) is 14.6. The molecule has 0 saturated carbocycles. The van der Waals surface area contributed by atoms with E-state index in [0.29, 0.717) is 0 Å². The van der Waals surface area contributed by atoms with Gasteiger partial charge in [-0.05, 0) is 0 Å². The topological polar surface area (TPSA) is 36.9 Å². The second kappa shape index (κ2) is 11.0. The number of rotatable bonds is 16. The van der Waals surface area contributed by atoms with Crippen molar-refractivity contribution in [1.82, 2.24) is 0 Å². The summed E-state index contributed by atoms with van der Waals surface area (Å²) in [4.78, 5) is 0. The van der Waals surface area contributed by atoms with Crippen LogP contribution in [-0.2, 0) is 18.9 Å². The van der Waals surface area contributed by atoms with E-state index in [1.807, 2.05) is 0 Å². The van der Waals surface area contributed by atoms with E-state index in [-0.39, 0.29) is 26.4 Å². The Morgan fingerprint density at radius 1 is 0.567 bits per heavy atom. The number of methoxy groups -OCH3 is 1. The lowest BCUT2D eigenvalue weighted by Gasteiger charge is -2.39. The highest BCUT2D eigenvalue weighted by atomic mass is 19.4. The van der Waals surface area contributed by atoms with E-state index >= 15 is 0 Å². The van der Waals surface area contributed by atoms with Gasteiger partial charge in [0.1, 0.15) is 6.61 Å². The van der Waals surface area contributed by atoms with Gasteiger partial charge in [0.05, 0.1) is 39.6 Å². The first kappa shape index (κ1) is 29.0. The molecule has 0 rings (SSSR count). The summed E-state index contributed by atoms with van der Waals surface area (Å²) in [5.41, 5.74) is 0. The molecular formula is C14H18F12O4. The van der Waals surface area contributed by atoms with Crippen molar-refractivity contribution >= 4 is 0 Å². The average molecular weight is 478 g/mol. The molecule has 0 unspecified atom stereocenters. The van der Waals surface area contributed by atoms with Gasteiger partial charge in [0, 0.05) is 7.11 Å². The van der Waals surface area contributed by atoms with Gasteiger partial charge in [0.25, 0.3) is 0 Å². The fourth-order valence-electron chi connectivity index (χ4n) is 1.65. The molecule has 0 aliphatic heterocycles. The molecule has 16 heteroatoms. The zero-order valence-corrected chi connectivity index (χ0v) is 15.2. The maximum absolute atomic E-state index is 13.4. The molecule has 4 nitrogen and oxygen atoms in total. The molecule has 0 heterocycles. The van der Waals surface area contributed by atoms with Crippen LogP contribution in [0.4, 0.5) is 52.7 Å². The number of ether oxygens (including phenoxy) is 4. The van der Waals surface area contributed by atoms with Gasteiger partial charge in [0.2, 0.25) is 0 Å². The van der Waals surface area contributed by atoms with Crippen LogP contribution in [0.1, 0.15) is 0 Å². The van der Waals surface area contributed by atoms with Crippen LogP contribution in [0.2, 0.25) is 0 Å². The van der Waals surface area contributed by atoms with Crippen LogP contribution in [0, 0.1) is 0 Å². The predicted molar refractivity (Wildman–Crippen MR) is 75.1 cm³/mol. The standard InChI is InChI=1S/C14H18F12O4/c1-27-2-3-28-4-5-29-6-7-30-8-10(17,18)12(21,22)14(25,26)13(23,24)11(19,20)9(15)16/h9H,2-8H2,1H3. The van der Waals surface area contributed by atoms with Crippen molar-refractivity contribution in [2.75, 3.05) is 53.4 Å². The molecule has 0 aromatic carbocycles. The monoisotopic (exact) mass is 478 g/mol. The van der Waals surface area contributed by atoms with E-state index in [1.54, 1.807) is 0 Å². The zero-order valence-electron chi connectivity index (χ0n) is 15.2. The molecule has 0 saturated heterocycles. The van der Waals surface area contributed by atoms with Crippen molar-refractivity contribution in [1.29, 1.82) is 0 Å². The zero-order chi connectivity index (χ0) is 23.9. The Bertz CT molecular complexity index is 501. The SMILES string of the molecule is COCCOCCOCCOCC(F)(F)C(F)(F)C(F)(F)C(F)(F)C(F)(F)C(F)F. The quantitative estimate of drug-likeness (QED) is 0.247. The Morgan fingerprint density at radius 3 is 1.37 bits per heavy atom. The first-order valence-electron chi connectivity index (χ1n) is 7.90. The minimum atomic E-state index is -7.55. The maximum atomic E-state index is 13.4. The van der Waals surface area contributed by atoms with Gasteiger partial charge in [-0.25, -0.2) is 8.78 Å². The van der Waals surface area contributed by atoms with Crippen molar-refractivity contribution in [3.05, 3.63) is 0 Å². The summed E-state index contributed by atoms with van der Waals surface area (Å²) in [6.07, 6.45) is -5.53. The van der Waals surface area contributed by atoms with Crippen LogP contribution < -0.4 is 0 Å². The smallest absolute Gasteiger partial charge is 0.382 e. The predicted octanol–water partition coefficient (Wildman–Crippen LogP) is 4.12. The number of halogens is 12. The Morgan fingerprint density at radius 2 is 0.967 bits per heavy atom. The molecule has 0 aliphatic rings. The summed E-state index contributed by atoms with van der Waals surface area (Å²) in [5, 5.41) is 0. The Hall–Kier alpha value is -1.00. The Balaban J connectivity index is 4.82. The van der Waals surface area contributed by atoms with E-state index in [0.717, 1.165) is 0 Å². The maximum Gasteiger partial charge on any atom is 0.384 e. The minimum Gasteiger partial charge on any atom is -0.382 e.